The molecule has 12 heavy (non-hydrogen) atoms. The van der Waals surface area contributed by atoms with Crippen LogP contribution >= 0.6 is 22.6 Å². The van der Waals surface area contributed by atoms with Crippen molar-refractivity contribution in [3.05, 3.63) is 30.3 Å². The summed E-state index contributed by atoms with van der Waals surface area (Å²) in [4.78, 5) is 11.2. The number of hydrogen-bond acceptors (Lipinski definition) is 1. The maximum absolute atomic E-state index is 11.2. The minimum atomic E-state index is 0.00260. The number of alkyl halides is 1. The van der Waals surface area contributed by atoms with Crippen molar-refractivity contribution in [1.29, 1.82) is 0 Å². The molecule has 1 N–H and O–H groups in total. The number of para-hydroxylation sites is 1. The highest BCUT2D eigenvalue weighted by Crippen LogP contribution is 2.07. The molecule has 0 saturated carbocycles. The molecule has 0 heterocycles. The lowest BCUT2D eigenvalue weighted by molar-refractivity contribution is -0.115. The van der Waals surface area contributed by atoms with Gasteiger partial charge in [0.1, 0.15) is 0 Å². The minimum Gasteiger partial charge on any atom is -0.325 e. The standard InChI is InChI=1S/C9H10INO/c1-7(10)9(12)11-8-5-3-2-4-6-8/h2-7H,1H3,(H,11,12)/t7-/m0/s1. The van der Waals surface area contributed by atoms with Gasteiger partial charge in [-0.05, 0) is 19.1 Å². The molecule has 1 rings (SSSR count). The lowest BCUT2D eigenvalue weighted by Gasteiger charge is -2.05. The van der Waals surface area contributed by atoms with Gasteiger partial charge in [-0.1, -0.05) is 40.8 Å². The van der Waals surface area contributed by atoms with Crippen LogP contribution in [0.25, 0.3) is 0 Å². The van der Waals surface area contributed by atoms with Crippen molar-refractivity contribution in [2.75, 3.05) is 5.32 Å². The number of carbonyl (C=O) groups excluding carboxylic acids is 1. The first kappa shape index (κ1) is 9.51. The number of benzene rings is 1. The van der Waals surface area contributed by atoms with Crippen LogP contribution in [0.3, 0.4) is 0 Å². The first-order valence-corrected chi connectivity index (χ1v) is 4.94. The third-order valence-electron chi connectivity index (χ3n) is 1.40. The van der Waals surface area contributed by atoms with E-state index < -0.39 is 0 Å². The zero-order valence-corrected chi connectivity index (χ0v) is 8.91. The Balaban J connectivity index is 2.59. The van der Waals surface area contributed by atoms with Crippen molar-refractivity contribution in [2.24, 2.45) is 0 Å². The van der Waals surface area contributed by atoms with E-state index in [0.29, 0.717) is 0 Å². The Kier molecular flexibility index (Phi) is 3.52. The molecule has 0 aliphatic carbocycles. The molecule has 0 unspecified atom stereocenters. The summed E-state index contributed by atoms with van der Waals surface area (Å²) in [7, 11) is 0. The van der Waals surface area contributed by atoms with Gasteiger partial charge in [0.15, 0.2) is 0 Å². The number of rotatable bonds is 2. The van der Waals surface area contributed by atoms with Crippen molar-refractivity contribution >= 4 is 34.2 Å². The molecule has 0 aliphatic rings. The maximum Gasteiger partial charge on any atom is 0.237 e. The van der Waals surface area contributed by atoms with E-state index in [2.05, 4.69) is 27.9 Å². The smallest absolute Gasteiger partial charge is 0.237 e. The number of halogens is 1. The molecule has 0 saturated heterocycles. The fourth-order valence-corrected chi connectivity index (χ4v) is 0.919. The quantitative estimate of drug-likeness (QED) is 0.652. The SMILES string of the molecule is C[C@H](I)C(=O)Nc1ccccc1. The molecule has 0 aromatic heterocycles. The summed E-state index contributed by atoms with van der Waals surface area (Å²) in [6.07, 6.45) is 0. The first-order chi connectivity index (χ1) is 5.70. The second kappa shape index (κ2) is 4.45. The van der Waals surface area contributed by atoms with E-state index in [0.717, 1.165) is 5.69 Å². The summed E-state index contributed by atoms with van der Waals surface area (Å²) in [5, 5.41) is 2.79. The van der Waals surface area contributed by atoms with Crippen molar-refractivity contribution < 1.29 is 4.79 Å². The van der Waals surface area contributed by atoms with Crippen LogP contribution < -0.4 is 5.32 Å². The first-order valence-electron chi connectivity index (χ1n) is 3.70. The number of hydrogen-bond donors (Lipinski definition) is 1. The third kappa shape index (κ3) is 2.81. The molecule has 0 fully saturated rings. The molecule has 0 radical (unpaired) electrons. The van der Waals surface area contributed by atoms with Gasteiger partial charge in [-0.15, -0.1) is 0 Å². The van der Waals surface area contributed by atoms with Gasteiger partial charge in [-0.3, -0.25) is 4.79 Å². The Morgan fingerprint density at radius 3 is 2.50 bits per heavy atom. The molecule has 0 bridgehead atoms. The summed E-state index contributed by atoms with van der Waals surface area (Å²) in [5.74, 6) is 0.0433. The lowest BCUT2D eigenvalue weighted by Crippen LogP contribution is -2.19. The zero-order chi connectivity index (χ0) is 8.97. The van der Waals surface area contributed by atoms with Crippen molar-refractivity contribution in [3.8, 4) is 0 Å². The van der Waals surface area contributed by atoms with E-state index in [1.54, 1.807) is 0 Å². The third-order valence-corrected chi connectivity index (χ3v) is 1.97. The van der Waals surface area contributed by atoms with Crippen LogP contribution in [0, 0.1) is 0 Å². The lowest BCUT2D eigenvalue weighted by atomic mass is 10.3. The van der Waals surface area contributed by atoms with Crippen LogP contribution in [-0.4, -0.2) is 9.83 Å². The monoisotopic (exact) mass is 275 g/mol. The second-order valence-corrected chi connectivity index (χ2v) is 4.34. The highest BCUT2D eigenvalue weighted by atomic mass is 127. The van der Waals surface area contributed by atoms with Gasteiger partial charge < -0.3 is 5.32 Å². The van der Waals surface area contributed by atoms with E-state index in [-0.39, 0.29) is 9.83 Å². The van der Waals surface area contributed by atoms with Crippen molar-refractivity contribution in [1.82, 2.24) is 0 Å². The van der Waals surface area contributed by atoms with Gasteiger partial charge >= 0.3 is 0 Å². The van der Waals surface area contributed by atoms with E-state index in [1.807, 2.05) is 37.3 Å². The molecular formula is C9H10INO. The van der Waals surface area contributed by atoms with Gasteiger partial charge in [0.2, 0.25) is 5.91 Å². The van der Waals surface area contributed by atoms with E-state index in [9.17, 15) is 4.79 Å². The van der Waals surface area contributed by atoms with Crippen molar-refractivity contribution in [3.63, 3.8) is 0 Å². The Morgan fingerprint density at radius 1 is 1.42 bits per heavy atom. The topological polar surface area (TPSA) is 29.1 Å². The Bertz CT molecular complexity index is 258. The summed E-state index contributed by atoms with van der Waals surface area (Å²) in [6.45, 7) is 1.86. The number of amides is 1. The number of nitrogens with one attached hydrogen (secondary N) is 1. The average Bonchev–Trinajstić information content (AvgIpc) is 2.06. The Labute approximate surface area is 85.5 Å². The zero-order valence-electron chi connectivity index (χ0n) is 6.75. The Morgan fingerprint density at radius 2 is 2.00 bits per heavy atom. The van der Waals surface area contributed by atoms with Crippen LogP contribution in [0.2, 0.25) is 0 Å². The minimum absolute atomic E-state index is 0.00260. The van der Waals surface area contributed by atoms with Crippen LogP contribution in [0.15, 0.2) is 30.3 Å². The fourth-order valence-electron chi connectivity index (χ4n) is 0.763. The molecule has 0 spiro atoms. The number of carbonyl (C=O) groups is 1. The second-order valence-electron chi connectivity index (χ2n) is 2.47. The van der Waals surface area contributed by atoms with Gasteiger partial charge in [-0.25, -0.2) is 0 Å². The predicted molar refractivity (Wildman–Crippen MR) is 58.6 cm³/mol. The summed E-state index contributed by atoms with van der Waals surface area (Å²) < 4.78 is 0.00260. The van der Waals surface area contributed by atoms with Gasteiger partial charge in [0, 0.05) is 5.69 Å². The molecule has 0 aliphatic heterocycles. The fraction of sp³-hybridized carbons (Fsp3) is 0.222. The number of anilines is 1. The summed E-state index contributed by atoms with van der Waals surface area (Å²) >= 11 is 2.08. The molecule has 1 aromatic carbocycles. The highest BCUT2D eigenvalue weighted by Gasteiger charge is 2.07. The molecule has 64 valence electrons. The molecule has 3 heteroatoms. The van der Waals surface area contributed by atoms with Gasteiger partial charge in [0.25, 0.3) is 0 Å². The van der Waals surface area contributed by atoms with Gasteiger partial charge in [0.05, 0.1) is 3.92 Å². The molecule has 2 nitrogen and oxygen atoms in total. The van der Waals surface area contributed by atoms with E-state index in [1.165, 1.54) is 0 Å². The van der Waals surface area contributed by atoms with Crippen LogP contribution in [-0.2, 0) is 4.79 Å². The molecular weight excluding hydrogens is 265 g/mol. The van der Waals surface area contributed by atoms with Gasteiger partial charge in [-0.2, -0.15) is 0 Å². The van der Waals surface area contributed by atoms with E-state index in [4.69, 9.17) is 0 Å². The molecule has 1 amide bonds. The Hall–Kier alpha value is -0.580. The highest BCUT2D eigenvalue weighted by molar-refractivity contribution is 14.1. The van der Waals surface area contributed by atoms with E-state index >= 15 is 0 Å². The molecule has 1 aromatic rings. The maximum atomic E-state index is 11.2. The average molecular weight is 275 g/mol. The largest absolute Gasteiger partial charge is 0.325 e. The van der Waals surface area contributed by atoms with Crippen LogP contribution in [0.1, 0.15) is 6.92 Å². The van der Waals surface area contributed by atoms with Crippen LogP contribution in [0.4, 0.5) is 5.69 Å². The summed E-state index contributed by atoms with van der Waals surface area (Å²) in [6, 6.07) is 9.46. The van der Waals surface area contributed by atoms with Crippen LogP contribution in [0.5, 0.6) is 0 Å². The van der Waals surface area contributed by atoms with Crippen molar-refractivity contribution in [2.45, 2.75) is 10.8 Å². The normalized spacial score (nSPS) is 12.2. The molecule has 1 atom stereocenters. The predicted octanol–water partition coefficient (Wildman–Crippen LogP) is 2.45. The summed E-state index contributed by atoms with van der Waals surface area (Å²) in [5.41, 5.74) is 0.853.